The molecule has 6 nitrogen and oxygen atoms in total. The molecule has 1 heterocycles. The number of aromatic nitrogens is 2. The summed E-state index contributed by atoms with van der Waals surface area (Å²) in [5.74, 6) is -0.417. The molecule has 2 aromatic rings. The number of nitrogens with zero attached hydrogens (tertiary/aromatic N) is 2. The first-order valence-corrected chi connectivity index (χ1v) is 7.41. The van der Waals surface area contributed by atoms with E-state index in [1.807, 2.05) is 29.9 Å². The van der Waals surface area contributed by atoms with Gasteiger partial charge in [0.2, 0.25) is 11.8 Å². The van der Waals surface area contributed by atoms with Gasteiger partial charge in [-0.05, 0) is 24.6 Å². The average molecular weight is 312 g/mol. The van der Waals surface area contributed by atoms with Crippen LogP contribution in [0.15, 0.2) is 49.3 Å². The van der Waals surface area contributed by atoms with Gasteiger partial charge in [0.1, 0.15) is 0 Å². The molecule has 0 aliphatic rings. The molecule has 0 bridgehead atoms. The summed E-state index contributed by atoms with van der Waals surface area (Å²) in [6.07, 6.45) is 5.03. The number of rotatable bonds is 7. The molecule has 0 aliphatic heterocycles. The predicted molar refractivity (Wildman–Crippen MR) is 88.7 cm³/mol. The number of amides is 2. The molecule has 1 aromatic carbocycles. The van der Waals surface area contributed by atoms with Crippen LogP contribution in [0.5, 0.6) is 0 Å². The molecule has 0 saturated carbocycles. The number of nitrogens with one attached hydrogen (secondary N) is 2. The maximum atomic E-state index is 12.1. The van der Waals surface area contributed by atoms with Crippen LogP contribution < -0.4 is 10.6 Å². The average Bonchev–Trinajstić information content (AvgIpc) is 3.02. The van der Waals surface area contributed by atoms with E-state index < -0.39 is 0 Å². The van der Waals surface area contributed by atoms with E-state index in [4.69, 9.17) is 0 Å². The van der Waals surface area contributed by atoms with Gasteiger partial charge in [-0.25, -0.2) is 0 Å². The maximum Gasteiger partial charge on any atom is 0.247 e. The molecule has 0 spiro atoms. The van der Waals surface area contributed by atoms with Crippen molar-refractivity contribution in [3.05, 3.63) is 60.4 Å². The number of hydrogen-bond donors (Lipinski definition) is 2. The van der Waals surface area contributed by atoms with Crippen molar-refractivity contribution in [2.24, 2.45) is 0 Å². The van der Waals surface area contributed by atoms with Crippen LogP contribution >= 0.6 is 0 Å². The van der Waals surface area contributed by atoms with Gasteiger partial charge in [-0.1, -0.05) is 24.8 Å². The minimum atomic E-state index is -0.301. The van der Waals surface area contributed by atoms with E-state index in [1.54, 1.807) is 18.3 Å². The number of carbonyl (C=O) groups is 2. The molecule has 0 radical (unpaired) electrons. The topological polar surface area (TPSA) is 76.0 Å². The smallest absolute Gasteiger partial charge is 0.247 e. The zero-order valence-electron chi connectivity index (χ0n) is 13.1. The molecule has 0 saturated heterocycles. The third-order valence-corrected chi connectivity index (χ3v) is 3.31. The van der Waals surface area contributed by atoms with E-state index in [1.165, 1.54) is 6.08 Å². The van der Waals surface area contributed by atoms with Gasteiger partial charge < -0.3 is 10.6 Å². The number of anilines is 1. The summed E-state index contributed by atoms with van der Waals surface area (Å²) in [4.78, 5) is 23.5. The number of para-hydroxylation sites is 1. The van der Waals surface area contributed by atoms with Gasteiger partial charge in [0.25, 0.3) is 0 Å². The quantitative estimate of drug-likeness (QED) is 0.767. The van der Waals surface area contributed by atoms with Crippen LogP contribution in [0.1, 0.15) is 18.1 Å². The molecule has 120 valence electrons. The zero-order chi connectivity index (χ0) is 16.7. The van der Waals surface area contributed by atoms with Gasteiger partial charge in [0.15, 0.2) is 0 Å². The Kier molecular flexibility index (Phi) is 5.68. The van der Waals surface area contributed by atoms with Crippen molar-refractivity contribution in [2.45, 2.75) is 26.4 Å². The fraction of sp³-hybridized carbons (Fsp3) is 0.235. The lowest BCUT2D eigenvalue weighted by Crippen LogP contribution is -2.25. The first-order chi connectivity index (χ1) is 11.1. The zero-order valence-corrected chi connectivity index (χ0v) is 13.1. The standard InChI is InChI=1S/C17H20N4O2/c1-3-16(22)20-15-8-6-5-7-14(15)9-17(23)18-10-13-11-19-21(4-2)12-13/h3,5-8,11-12H,1,4,9-10H2,2H3,(H,18,23)(H,20,22). The molecule has 2 amide bonds. The van der Waals surface area contributed by atoms with E-state index in [2.05, 4.69) is 22.3 Å². The van der Waals surface area contributed by atoms with Crippen molar-refractivity contribution in [3.63, 3.8) is 0 Å². The highest BCUT2D eigenvalue weighted by Gasteiger charge is 2.09. The van der Waals surface area contributed by atoms with Gasteiger partial charge in [0, 0.05) is 30.5 Å². The second-order valence-electron chi connectivity index (χ2n) is 5.01. The van der Waals surface area contributed by atoms with Crippen LogP contribution in [-0.4, -0.2) is 21.6 Å². The van der Waals surface area contributed by atoms with Crippen LogP contribution in [-0.2, 0) is 29.1 Å². The summed E-state index contributed by atoms with van der Waals surface area (Å²) in [5.41, 5.74) is 2.32. The van der Waals surface area contributed by atoms with Crippen LogP contribution in [0.4, 0.5) is 5.69 Å². The first kappa shape index (κ1) is 16.5. The van der Waals surface area contributed by atoms with Crippen molar-refractivity contribution in [2.75, 3.05) is 5.32 Å². The van der Waals surface area contributed by atoms with Crippen LogP contribution in [0.25, 0.3) is 0 Å². The van der Waals surface area contributed by atoms with Crippen molar-refractivity contribution in [3.8, 4) is 0 Å². The minimum Gasteiger partial charge on any atom is -0.352 e. The van der Waals surface area contributed by atoms with Crippen molar-refractivity contribution in [1.82, 2.24) is 15.1 Å². The predicted octanol–water partition coefficient (Wildman–Crippen LogP) is 1.89. The Morgan fingerprint density at radius 3 is 2.83 bits per heavy atom. The Morgan fingerprint density at radius 2 is 2.13 bits per heavy atom. The monoisotopic (exact) mass is 312 g/mol. The molecular weight excluding hydrogens is 292 g/mol. The summed E-state index contributed by atoms with van der Waals surface area (Å²) in [6, 6.07) is 7.21. The Morgan fingerprint density at radius 1 is 1.35 bits per heavy atom. The van der Waals surface area contributed by atoms with Gasteiger partial charge >= 0.3 is 0 Å². The van der Waals surface area contributed by atoms with Gasteiger partial charge in [-0.15, -0.1) is 0 Å². The summed E-state index contributed by atoms with van der Waals surface area (Å²) in [6.45, 7) is 6.65. The first-order valence-electron chi connectivity index (χ1n) is 7.41. The molecule has 0 unspecified atom stereocenters. The Labute approximate surface area is 135 Å². The second-order valence-corrected chi connectivity index (χ2v) is 5.01. The van der Waals surface area contributed by atoms with Gasteiger partial charge in [-0.2, -0.15) is 5.10 Å². The summed E-state index contributed by atoms with van der Waals surface area (Å²) in [7, 11) is 0. The highest BCUT2D eigenvalue weighted by molar-refractivity contribution is 5.99. The molecule has 1 aromatic heterocycles. The number of aryl methyl sites for hydroxylation is 1. The summed E-state index contributed by atoms with van der Waals surface area (Å²) >= 11 is 0. The van der Waals surface area contributed by atoms with E-state index in [-0.39, 0.29) is 18.2 Å². The Hall–Kier alpha value is -2.89. The van der Waals surface area contributed by atoms with E-state index in [0.29, 0.717) is 12.2 Å². The van der Waals surface area contributed by atoms with E-state index in [0.717, 1.165) is 17.7 Å². The third kappa shape index (κ3) is 4.81. The van der Waals surface area contributed by atoms with Crippen LogP contribution in [0.3, 0.4) is 0 Å². The van der Waals surface area contributed by atoms with Gasteiger partial charge in [0.05, 0.1) is 12.6 Å². The van der Waals surface area contributed by atoms with Crippen molar-refractivity contribution in [1.29, 1.82) is 0 Å². The van der Waals surface area contributed by atoms with Gasteiger partial charge in [-0.3, -0.25) is 14.3 Å². The minimum absolute atomic E-state index is 0.116. The SMILES string of the molecule is C=CC(=O)Nc1ccccc1CC(=O)NCc1cnn(CC)c1. The number of benzene rings is 1. The Balaban J connectivity index is 1.94. The van der Waals surface area contributed by atoms with Crippen molar-refractivity contribution < 1.29 is 9.59 Å². The van der Waals surface area contributed by atoms with E-state index in [9.17, 15) is 9.59 Å². The third-order valence-electron chi connectivity index (χ3n) is 3.31. The fourth-order valence-electron chi connectivity index (χ4n) is 2.09. The molecule has 2 N–H and O–H groups in total. The molecule has 0 aliphatic carbocycles. The fourth-order valence-corrected chi connectivity index (χ4v) is 2.09. The lowest BCUT2D eigenvalue weighted by atomic mass is 10.1. The highest BCUT2D eigenvalue weighted by Crippen LogP contribution is 2.15. The van der Waals surface area contributed by atoms with Crippen LogP contribution in [0, 0.1) is 0 Å². The molecule has 6 heteroatoms. The molecule has 2 rings (SSSR count). The maximum absolute atomic E-state index is 12.1. The summed E-state index contributed by atoms with van der Waals surface area (Å²) in [5, 5.41) is 9.72. The lowest BCUT2D eigenvalue weighted by Gasteiger charge is -2.10. The van der Waals surface area contributed by atoms with Crippen LogP contribution in [0.2, 0.25) is 0 Å². The highest BCUT2D eigenvalue weighted by atomic mass is 16.2. The normalized spacial score (nSPS) is 10.1. The molecule has 23 heavy (non-hydrogen) atoms. The Bertz CT molecular complexity index is 706. The lowest BCUT2D eigenvalue weighted by molar-refractivity contribution is -0.120. The second kappa shape index (κ2) is 7.93. The largest absolute Gasteiger partial charge is 0.352 e. The molecular formula is C17H20N4O2. The number of hydrogen-bond acceptors (Lipinski definition) is 3. The molecule has 0 atom stereocenters. The molecule has 0 fully saturated rings. The van der Waals surface area contributed by atoms with E-state index >= 15 is 0 Å². The van der Waals surface area contributed by atoms with Crippen molar-refractivity contribution >= 4 is 17.5 Å². The number of carbonyl (C=O) groups excluding carboxylic acids is 2. The summed E-state index contributed by atoms with van der Waals surface area (Å²) < 4.78 is 1.81.